The van der Waals surface area contributed by atoms with Crippen LogP contribution in [0.4, 0.5) is 4.39 Å². The molecule has 0 aliphatic rings. The zero-order valence-corrected chi connectivity index (χ0v) is 11.8. The van der Waals surface area contributed by atoms with Gasteiger partial charge in [0.25, 0.3) is 0 Å². The first kappa shape index (κ1) is 15.1. The summed E-state index contributed by atoms with van der Waals surface area (Å²) >= 11 is 0. The minimum Gasteiger partial charge on any atom is -0.481 e. The molecule has 0 atom stereocenters. The molecule has 0 amide bonds. The van der Waals surface area contributed by atoms with E-state index in [1.54, 1.807) is 12.1 Å². The van der Waals surface area contributed by atoms with Crippen molar-refractivity contribution in [3.8, 4) is 18.1 Å². The number of benzene rings is 2. The van der Waals surface area contributed by atoms with E-state index < -0.39 is 0 Å². The third kappa shape index (κ3) is 4.94. The van der Waals surface area contributed by atoms with E-state index in [9.17, 15) is 4.39 Å². The predicted octanol–water partition coefficient (Wildman–Crippen LogP) is 3.17. The molecular weight excluding hydrogens is 265 g/mol. The van der Waals surface area contributed by atoms with Crippen molar-refractivity contribution in [1.29, 1.82) is 0 Å². The Labute approximate surface area is 125 Å². The molecule has 0 radical (unpaired) electrons. The molecule has 0 heterocycles. The molecule has 1 N–H and O–H groups in total. The van der Waals surface area contributed by atoms with E-state index in [0.29, 0.717) is 12.1 Å². The van der Waals surface area contributed by atoms with Crippen LogP contribution < -0.4 is 10.1 Å². The summed E-state index contributed by atoms with van der Waals surface area (Å²) in [6, 6.07) is 14.6. The molecule has 0 saturated carbocycles. The summed E-state index contributed by atoms with van der Waals surface area (Å²) < 4.78 is 18.7. The first-order valence-electron chi connectivity index (χ1n) is 6.89. The number of nitrogens with one attached hydrogen (secondary N) is 1. The molecule has 0 saturated heterocycles. The van der Waals surface area contributed by atoms with Crippen molar-refractivity contribution >= 4 is 0 Å². The van der Waals surface area contributed by atoms with Gasteiger partial charge in [-0.3, -0.25) is 0 Å². The lowest BCUT2D eigenvalue weighted by atomic mass is 10.1. The highest BCUT2D eigenvalue weighted by Gasteiger charge is 2.00. The van der Waals surface area contributed by atoms with Crippen LogP contribution in [-0.4, -0.2) is 13.2 Å². The second-order valence-corrected chi connectivity index (χ2v) is 4.65. The maximum atomic E-state index is 13.4. The highest BCUT2D eigenvalue weighted by atomic mass is 19.1. The Morgan fingerprint density at radius 2 is 1.86 bits per heavy atom. The Morgan fingerprint density at radius 1 is 1.10 bits per heavy atom. The lowest BCUT2D eigenvalue weighted by Gasteiger charge is -2.07. The second-order valence-electron chi connectivity index (χ2n) is 4.65. The Hall–Kier alpha value is -2.31. The van der Waals surface area contributed by atoms with Gasteiger partial charge in [0.05, 0.1) is 0 Å². The molecule has 21 heavy (non-hydrogen) atoms. The fourth-order valence-corrected chi connectivity index (χ4v) is 1.97. The summed E-state index contributed by atoms with van der Waals surface area (Å²) in [6.45, 7) is 1.61. The van der Waals surface area contributed by atoms with Crippen LogP contribution in [0.15, 0.2) is 48.5 Å². The fourth-order valence-electron chi connectivity index (χ4n) is 1.97. The van der Waals surface area contributed by atoms with Crippen LogP contribution >= 0.6 is 0 Å². The molecule has 2 rings (SSSR count). The molecular formula is C18H18FNO. The zero-order chi connectivity index (χ0) is 14.9. The highest BCUT2D eigenvalue weighted by Crippen LogP contribution is 2.12. The van der Waals surface area contributed by atoms with Crippen molar-refractivity contribution in [2.75, 3.05) is 13.2 Å². The van der Waals surface area contributed by atoms with Gasteiger partial charge in [0.2, 0.25) is 0 Å². The van der Waals surface area contributed by atoms with Crippen molar-refractivity contribution in [3.63, 3.8) is 0 Å². The second kappa shape index (κ2) is 8.08. The molecule has 108 valence electrons. The summed E-state index contributed by atoms with van der Waals surface area (Å²) in [4.78, 5) is 0. The molecule has 0 fully saturated rings. The minimum absolute atomic E-state index is 0.167. The molecule has 2 aromatic carbocycles. The molecule has 0 aliphatic heterocycles. The standard InChI is InChI=1S/C18H18FNO/c1-2-13-21-17-9-7-15(8-10-17)11-12-20-14-16-5-3-4-6-18(16)19/h1,3-10,20H,11-14H2. The summed E-state index contributed by atoms with van der Waals surface area (Å²) in [5, 5.41) is 3.24. The zero-order valence-electron chi connectivity index (χ0n) is 11.8. The molecule has 0 aromatic heterocycles. The Bertz CT molecular complexity index is 601. The van der Waals surface area contributed by atoms with Gasteiger partial charge >= 0.3 is 0 Å². The maximum Gasteiger partial charge on any atom is 0.148 e. The van der Waals surface area contributed by atoms with Crippen LogP contribution in [0.25, 0.3) is 0 Å². The van der Waals surface area contributed by atoms with Crippen molar-refractivity contribution in [2.45, 2.75) is 13.0 Å². The van der Waals surface area contributed by atoms with E-state index in [4.69, 9.17) is 11.2 Å². The van der Waals surface area contributed by atoms with Gasteiger partial charge < -0.3 is 10.1 Å². The largest absolute Gasteiger partial charge is 0.481 e. The fraction of sp³-hybridized carbons (Fsp3) is 0.222. The van der Waals surface area contributed by atoms with Crippen LogP contribution in [0.2, 0.25) is 0 Å². The van der Waals surface area contributed by atoms with Gasteiger partial charge in [-0.1, -0.05) is 36.3 Å². The van der Waals surface area contributed by atoms with Crippen molar-refractivity contribution in [2.24, 2.45) is 0 Å². The smallest absolute Gasteiger partial charge is 0.148 e. The number of hydrogen-bond donors (Lipinski definition) is 1. The number of rotatable bonds is 7. The number of terminal acetylenes is 1. The normalized spacial score (nSPS) is 10.1. The minimum atomic E-state index is -0.167. The van der Waals surface area contributed by atoms with E-state index in [1.807, 2.05) is 30.3 Å². The van der Waals surface area contributed by atoms with Gasteiger partial charge in [-0.25, -0.2) is 4.39 Å². The van der Waals surface area contributed by atoms with E-state index in [-0.39, 0.29) is 12.4 Å². The van der Waals surface area contributed by atoms with Crippen LogP contribution in [0.5, 0.6) is 5.75 Å². The highest BCUT2D eigenvalue weighted by molar-refractivity contribution is 5.27. The van der Waals surface area contributed by atoms with E-state index in [1.165, 1.54) is 11.6 Å². The van der Waals surface area contributed by atoms with E-state index in [0.717, 1.165) is 18.7 Å². The topological polar surface area (TPSA) is 21.3 Å². The van der Waals surface area contributed by atoms with Crippen LogP contribution in [0.1, 0.15) is 11.1 Å². The Morgan fingerprint density at radius 3 is 2.57 bits per heavy atom. The van der Waals surface area contributed by atoms with Gasteiger partial charge in [-0.05, 0) is 36.7 Å². The number of ether oxygens (including phenoxy) is 1. The van der Waals surface area contributed by atoms with Crippen molar-refractivity contribution in [3.05, 3.63) is 65.5 Å². The molecule has 3 heteroatoms. The van der Waals surface area contributed by atoms with E-state index >= 15 is 0 Å². The first-order valence-corrected chi connectivity index (χ1v) is 6.89. The average Bonchev–Trinajstić information content (AvgIpc) is 2.52. The quantitative estimate of drug-likeness (QED) is 0.622. The van der Waals surface area contributed by atoms with Gasteiger partial charge in [0.1, 0.15) is 18.2 Å². The third-order valence-electron chi connectivity index (χ3n) is 3.11. The summed E-state index contributed by atoms with van der Waals surface area (Å²) in [7, 11) is 0. The average molecular weight is 283 g/mol. The number of hydrogen-bond acceptors (Lipinski definition) is 2. The Kier molecular flexibility index (Phi) is 5.81. The SMILES string of the molecule is C#CCOc1ccc(CCNCc2ccccc2F)cc1. The first-order chi connectivity index (χ1) is 10.3. The third-order valence-corrected chi connectivity index (χ3v) is 3.11. The molecule has 2 aromatic rings. The molecule has 0 bridgehead atoms. The van der Waals surface area contributed by atoms with Crippen molar-refractivity contribution < 1.29 is 9.13 Å². The molecule has 0 aliphatic carbocycles. The van der Waals surface area contributed by atoms with Crippen molar-refractivity contribution in [1.82, 2.24) is 5.32 Å². The monoisotopic (exact) mass is 283 g/mol. The van der Waals surface area contributed by atoms with Gasteiger partial charge in [-0.15, -0.1) is 6.42 Å². The van der Waals surface area contributed by atoms with E-state index in [2.05, 4.69) is 11.2 Å². The van der Waals surface area contributed by atoms with Crippen LogP contribution in [0.3, 0.4) is 0 Å². The summed E-state index contributed by atoms with van der Waals surface area (Å²) in [5.41, 5.74) is 1.89. The molecule has 0 spiro atoms. The summed E-state index contributed by atoms with van der Waals surface area (Å²) in [5.74, 6) is 3.04. The maximum absolute atomic E-state index is 13.4. The predicted molar refractivity (Wildman–Crippen MR) is 82.6 cm³/mol. The molecule has 2 nitrogen and oxygen atoms in total. The number of halogens is 1. The van der Waals surface area contributed by atoms with Gasteiger partial charge in [-0.2, -0.15) is 0 Å². The van der Waals surface area contributed by atoms with Gasteiger partial charge in [0, 0.05) is 12.1 Å². The summed E-state index contributed by atoms with van der Waals surface area (Å²) in [6.07, 6.45) is 6.01. The lowest BCUT2D eigenvalue weighted by molar-refractivity contribution is 0.370. The van der Waals surface area contributed by atoms with Gasteiger partial charge in [0.15, 0.2) is 0 Å². The molecule has 0 unspecified atom stereocenters. The lowest BCUT2D eigenvalue weighted by Crippen LogP contribution is -2.17. The van der Waals surface area contributed by atoms with Crippen LogP contribution in [0, 0.1) is 18.2 Å². The van der Waals surface area contributed by atoms with Crippen LogP contribution in [-0.2, 0) is 13.0 Å². The Balaban J connectivity index is 1.74.